The van der Waals surface area contributed by atoms with Gasteiger partial charge in [0, 0.05) is 11.6 Å². The van der Waals surface area contributed by atoms with Crippen LogP contribution >= 0.6 is 0 Å². The third-order valence-corrected chi connectivity index (χ3v) is 2.04. The molecule has 0 saturated carbocycles. The normalized spacial score (nSPS) is 10.0. The van der Waals surface area contributed by atoms with E-state index in [-0.39, 0.29) is 5.82 Å². The van der Waals surface area contributed by atoms with Gasteiger partial charge in [0.1, 0.15) is 0 Å². The van der Waals surface area contributed by atoms with E-state index in [9.17, 15) is 9.59 Å². The van der Waals surface area contributed by atoms with Crippen LogP contribution in [0.3, 0.4) is 0 Å². The number of rotatable bonds is 2. The number of amides is 1. The zero-order valence-electron chi connectivity index (χ0n) is 8.31. The summed E-state index contributed by atoms with van der Waals surface area (Å²) in [6, 6.07) is 10.4. The summed E-state index contributed by atoms with van der Waals surface area (Å²) in [4.78, 5) is 28.5. The topological polar surface area (TPSA) is 88.8 Å². The van der Waals surface area contributed by atoms with Gasteiger partial charge in [-0.1, -0.05) is 30.3 Å². The summed E-state index contributed by atoms with van der Waals surface area (Å²) < 4.78 is 0. The van der Waals surface area contributed by atoms with Gasteiger partial charge in [-0.05, 0) is 0 Å². The van der Waals surface area contributed by atoms with Crippen molar-refractivity contribution in [3.05, 3.63) is 52.6 Å². The van der Waals surface area contributed by atoms with Gasteiger partial charge in [-0.25, -0.2) is 4.98 Å². The summed E-state index contributed by atoms with van der Waals surface area (Å²) in [5, 5.41) is 0. The first-order valence-electron chi connectivity index (χ1n) is 4.63. The molecule has 0 radical (unpaired) electrons. The van der Waals surface area contributed by atoms with E-state index in [2.05, 4.69) is 9.97 Å². The molecule has 0 aliphatic carbocycles. The maximum absolute atomic E-state index is 11.3. The average Bonchev–Trinajstić information content (AvgIpc) is 2.29. The van der Waals surface area contributed by atoms with E-state index in [0.29, 0.717) is 5.69 Å². The highest BCUT2D eigenvalue weighted by atomic mass is 16.1. The molecule has 0 aliphatic heterocycles. The maximum atomic E-state index is 11.3. The monoisotopic (exact) mass is 215 g/mol. The van der Waals surface area contributed by atoms with Crippen molar-refractivity contribution in [3.8, 4) is 11.3 Å². The number of aromatic nitrogens is 2. The molecule has 1 amide bonds. The van der Waals surface area contributed by atoms with Crippen molar-refractivity contribution in [3.63, 3.8) is 0 Å². The highest BCUT2D eigenvalue weighted by molar-refractivity contribution is 5.89. The number of benzene rings is 1. The lowest BCUT2D eigenvalue weighted by molar-refractivity contribution is 0.0990. The van der Waals surface area contributed by atoms with Crippen LogP contribution in [0, 0.1) is 0 Å². The maximum Gasteiger partial charge on any atom is 0.284 e. The predicted octanol–water partition coefficient (Wildman–Crippen LogP) is 0.536. The van der Waals surface area contributed by atoms with Gasteiger partial charge in [-0.2, -0.15) is 0 Å². The molecule has 0 spiro atoms. The SMILES string of the molecule is NC(=O)c1nc(-c2ccccc2)cc(=O)[nH]1. The number of nitrogens with zero attached hydrogens (tertiary/aromatic N) is 1. The van der Waals surface area contributed by atoms with Crippen LogP contribution in [0.4, 0.5) is 0 Å². The Bertz CT molecular complexity index is 575. The van der Waals surface area contributed by atoms with Gasteiger partial charge in [-0.3, -0.25) is 9.59 Å². The molecule has 0 unspecified atom stereocenters. The summed E-state index contributed by atoms with van der Waals surface area (Å²) in [5.74, 6) is -0.888. The van der Waals surface area contributed by atoms with E-state index >= 15 is 0 Å². The van der Waals surface area contributed by atoms with Crippen LogP contribution < -0.4 is 11.3 Å². The minimum atomic E-state index is -0.755. The Labute approximate surface area is 91.0 Å². The second-order valence-electron chi connectivity index (χ2n) is 3.21. The lowest BCUT2D eigenvalue weighted by atomic mass is 10.1. The number of nitrogens with one attached hydrogen (secondary N) is 1. The Kier molecular flexibility index (Phi) is 2.51. The highest BCUT2D eigenvalue weighted by Crippen LogP contribution is 2.13. The Morgan fingerprint density at radius 1 is 1.25 bits per heavy atom. The minimum absolute atomic E-state index is 0.133. The fourth-order valence-electron chi connectivity index (χ4n) is 1.33. The number of carbonyl (C=O) groups is 1. The molecular formula is C11H9N3O2. The molecule has 0 saturated heterocycles. The second kappa shape index (κ2) is 3.98. The number of carbonyl (C=O) groups excluding carboxylic acids is 1. The van der Waals surface area contributed by atoms with Crippen molar-refractivity contribution in [2.75, 3.05) is 0 Å². The van der Waals surface area contributed by atoms with E-state index in [0.717, 1.165) is 5.56 Å². The smallest absolute Gasteiger partial charge is 0.284 e. The first-order chi connectivity index (χ1) is 7.66. The van der Waals surface area contributed by atoms with Crippen LogP contribution in [-0.2, 0) is 0 Å². The average molecular weight is 215 g/mol. The fourth-order valence-corrected chi connectivity index (χ4v) is 1.33. The van der Waals surface area contributed by atoms with Gasteiger partial charge in [0.15, 0.2) is 5.82 Å². The number of H-pyrrole nitrogens is 1. The van der Waals surface area contributed by atoms with E-state index in [1.54, 1.807) is 12.1 Å². The summed E-state index contributed by atoms with van der Waals surface area (Å²) in [7, 11) is 0. The number of nitrogens with two attached hydrogens (primary N) is 1. The zero-order chi connectivity index (χ0) is 11.5. The number of hydrogen-bond acceptors (Lipinski definition) is 3. The molecule has 2 rings (SSSR count). The summed E-state index contributed by atoms with van der Waals surface area (Å²) in [6.07, 6.45) is 0. The number of primary amides is 1. The van der Waals surface area contributed by atoms with Crippen LogP contribution in [0.2, 0.25) is 0 Å². The van der Waals surface area contributed by atoms with E-state index in [4.69, 9.17) is 5.73 Å². The quantitative estimate of drug-likeness (QED) is 0.766. The highest BCUT2D eigenvalue weighted by Gasteiger charge is 2.07. The number of aromatic amines is 1. The third kappa shape index (κ3) is 1.98. The Balaban J connectivity index is 2.58. The molecule has 1 heterocycles. The largest absolute Gasteiger partial charge is 0.363 e. The van der Waals surface area contributed by atoms with Crippen LogP contribution in [0.5, 0.6) is 0 Å². The Morgan fingerprint density at radius 2 is 1.94 bits per heavy atom. The van der Waals surface area contributed by atoms with E-state index < -0.39 is 11.5 Å². The molecule has 0 atom stereocenters. The van der Waals surface area contributed by atoms with Crippen molar-refractivity contribution in [1.29, 1.82) is 0 Å². The minimum Gasteiger partial charge on any atom is -0.363 e. The summed E-state index contributed by atoms with van der Waals surface area (Å²) in [5.41, 5.74) is 5.85. The molecule has 16 heavy (non-hydrogen) atoms. The summed E-state index contributed by atoms with van der Waals surface area (Å²) in [6.45, 7) is 0. The van der Waals surface area contributed by atoms with Gasteiger partial charge in [-0.15, -0.1) is 0 Å². The molecule has 0 aliphatic rings. The van der Waals surface area contributed by atoms with Gasteiger partial charge in [0.05, 0.1) is 5.69 Å². The first-order valence-corrected chi connectivity index (χ1v) is 4.63. The molecule has 1 aromatic heterocycles. The first kappa shape index (κ1) is 10.1. The fraction of sp³-hybridized carbons (Fsp3) is 0. The van der Waals surface area contributed by atoms with Crippen LogP contribution in [0.25, 0.3) is 11.3 Å². The van der Waals surface area contributed by atoms with Gasteiger partial charge < -0.3 is 10.7 Å². The predicted molar refractivity (Wildman–Crippen MR) is 58.8 cm³/mol. The van der Waals surface area contributed by atoms with Crippen molar-refractivity contribution in [2.45, 2.75) is 0 Å². The molecule has 5 nitrogen and oxygen atoms in total. The molecule has 2 aromatic rings. The molecule has 80 valence electrons. The third-order valence-electron chi connectivity index (χ3n) is 2.04. The molecule has 0 bridgehead atoms. The Hall–Kier alpha value is -2.43. The molecule has 5 heteroatoms. The summed E-state index contributed by atoms with van der Waals surface area (Å²) >= 11 is 0. The molecular weight excluding hydrogens is 206 g/mol. The molecule has 0 fully saturated rings. The van der Waals surface area contributed by atoms with Gasteiger partial charge in [0.2, 0.25) is 0 Å². The van der Waals surface area contributed by atoms with Crippen molar-refractivity contribution >= 4 is 5.91 Å². The zero-order valence-corrected chi connectivity index (χ0v) is 8.31. The van der Waals surface area contributed by atoms with Gasteiger partial charge in [0.25, 0.3) is 11.5 Å². The number of hydrogen-bond donors (Lipinski definition) is 2. The molecule has 1 aromatic carbocycles. The van der Waals surface area contributed by atoms with Crippen molar-refractivity contribution < 1.29 is 4.79 Å². The lowest BCUT2D eigenvalue weighted by Gasteiger charge is -2.01. The molecule has 3 N–H and O–H groups in total. The van der Waals surface area contributed by atoms with Crippen LogP contribution in [-0.4, -0.2) is 15.9 Å². The van der Waals surface area contributed by atoms with Crippen molar-refractivity contribution in [2.24, 2.45) is 5.73 Å². The van der Waals surface area contributed by atoms with Gasteiger partial charge >= 0.3 is 0 Å². The van der Waals surface area contributed by atoms with Crippen LogP contribution in [0.15, 0.2) is 41.2 Å². The second-order valence-corrected chi connectivity index (χ2v) is 3.21. The van der Waals surface area contributed by atoms with Crippen LogP contribution in [0.1, 0.15) is 10.6 Å². The lowest BCUT2D eigenvalue weighted by Crippen LogP contribution is -2.21. The van der Waals surface area contributed by atoms with Crippen molar-refractivity contribution in [1.82, 2.24) is 9.97 Å². The van der Waals surface area contributed by atoms with E-state index in [1.807, 2.05) is 18.2 Å². The van der Waals surface area contributed by atoms with E-state index in [1.165, 1.54) is 6.07 Å². The Morgan fingerprint density at radius 3 is 2.56 bits per heavy atom. The standard InChI is InChI=1S/C11H9N3O2/c12-10(16)11-13-8(6-9(15)14-11)7-4-2-1-3-5-7/h1-6H,(H2,12,16)(H,13,14,15).